The first-order chi connectivity index (χ1) is 9.51. The lowest BCUT2D eigenvalue weighted by Crippen LogP contribution is -2.02. The van der Waals surface area contributed by atoms with Crippen molar-refractivity contribution in [2.24, 2.45) is 0 Å². The molecule has 0 bridgehead atoms. The first kappa shape index (κ1) is 13.6. The maximum Gasteiger partial charge on any atom is 0.339 e. The summed E-state index contributed by atoms with van der Waals surface area (Å²) in [5.74, 6) is -0.807. The molecule has 0 atom stereocenters. The van der Waals surface area contributed by atoms with Crippen LogP contribution in [0.15, 0.2) is 30.3 Å². The van der Waals surface area contributed by atoms with E-state index < -0.39 is 5.97 Å². The van der Waals surface area contributed by atoms with Crippen LogP contribution in [0.25, 0.3) is 0 Å². The maximum atomic E-state index is 11.2. The first-order valence-corrected chi connectivity index (χ1v) is 5.91. The van der Waals surface area contributed by atoms with Gasteiger partial charge in [0.2, 0.25) is 5.88 Å². The van der Waals surface area contributed by atoms with E-state index in [4.69, 9.17) is 15.1 Å². The second kappa shape index (κ2) is 5.41. The van der Waals surface area contributed by atoms with Crippen molar-refractivity contribution in [2.75, 3.05) is 0 Å². The number of benzene rings is 1. The van der Waals surface area contributed by atoms with Crippen LogP contribution < -0.4 is 4.74 Å². The van der Waals surface area contributed by atoms with E-state index in [1.165, 1.54) is 6.07 Å². The molecular formula is C15H12N2O3. The molecule has 5 heteroatoms. The second-order valence-corrected chi connectivity index (χ2v) is 4.32. The second-order valence-electron chi connectivity index (χ2n) is 4.32. The lowest BCUT2D eigenvalue weighted by molar-refractivity contribution is 0.0694. The number of carbonyl (C=O) groups is 1. The monoisotopic (exact) mass is 268 g/mol. The predicted octanol–water partition coefficient (Wildman–Crippen LogP) is 3.06. The van der Waals surface area contributed by atoms with Gasteiger partial charge in [-0.05, 0) is 43.7 Å². The van der Waals surface area contributed by atoms with Gasteiger partial charge in [0.1, 0.15) is 22.9 Å². The third-order valence-corrected chi connectivity index (χ3v) is 2.69. The fourth-order valence-corrected chi connectivity index (χ4v) is 1.69. The Balaban J connectivity index is 2.50. The number of rotatable bonds is 3. The van der Waals surface area contributed by atoms with Crippen LogP contribution in [-0.4, -0.2) is 16.1 Å². The van der Waals surface area contributed by atoms with E-state index in [1.54, 1.807) is 31.2 Å². The Hall–Kier alpha value is -2.87. The number of nitrogens with zero attached hydrogens (tertiary/aromatic N) is 2. The van der Waals surface area contributed by atoms with Crippen LogP contribution in [0.3, 0.4) is 0 Å². The number of carboxylic acid groups (broad SMARTS) is 1. The molecule has 0 fully saturated rings. The molecule has 20 heavy (non-hydrogen) atoms. The van der Waals surface area contributed by atoms with E-state index in [9.17, 15) is 4.79 Å². The Kier molecular flexibility index (Phi) is 3.67. The SMILES string of the molecule is Cc1ccc(C(=O)O)c(Oc2nc(C)ccc2C#N)c1. The molecule has 0 amide bonds. The third kappa shape index (κ3) is 2.75. The molecule has 2 aromatic rings. The molecule has 0 radical (unpaired) electrons. The number of aromatic carboxylic acids is 1. The Morgan fingerprint density at radius 2 is 2.05 bits per heavy atom. The number of nitriles is 1. The Labute approximate surface area is 116 Å². The van der Waals surface area contributed by atoms with Crippen LogP contribution >= 0.6 is 0 Å². The molecule has 0 aliphatic rings. The van der Waals surface area contributed by atoms with Crippen molar-refractivity contribution in [1.29, 1.82) is 5.26 Å². The predicted molar refractivity (Wildman–Crippen MR) is 71.9 cm³/mol. The number of carboxylic acids is 1. The molecule has 1 aromatic carbocycles. The summed E-state index contributed by atoms with van der Waals surface area (Å²) in [5.41, 5.74) is 1.83. The highest BCUT2D eigenvalue weighted by Crippen LogP contribution is 2.27. The zero-order valence-corrected chi connectivity index (χ0v) is 11.0. The summed E-state index contributed by atoms with van der Waals surface area (Å²) in [7, 11) is 0. The summed E-state index contributed by atoms with van der Waals surface area (Å²) in [6.45, 7) is 3.59. The van der Waals surface area contributed by atoms with Gasteiger partial charge in [0, 0.05) is 5.69 Å². The van der Waals surface area contributed by atoms with Crippen LogP contribution in [0.5, 0.6) is 11.6 Å². The first-order valence-electron chi connectivity index (χ1n) is 5.91. The van der Waals surface area contributed by atoms with Crippen molar-refractivity contribution >= 4 is 5.97 Å². The molecule has 100 valence electrons. The molecule has 0 aliphatic heterocycles. The highest BCUT2D eigenvalue weighted by Gasteiger charge is 2.14. The van der Waals surface area contributed by atoms with E-state index >= 15 is 0 Å². The van der Waals surface area contributed by atoms with Crippen LogP contribution in [0.2, 0.25) is 0 Å². The molecule has 0 unspecified atom stereocenters. The average molecular weight is 268 g/mol. The quantitative estimate of drug-likeness (QED) is 0.924. The fourth-order valence-electron chi connectivity index (χ4n) is 1.69. The van der Waals surface area contributed by atoms with Crippen molar-refractivity contribution in [3.8, 4) is 17.7 Å². The van der Waals surface area contributed by atoms with Gasteiger partial charge in [-0.2, -0.15) is 5.26 Å². The summed E-state index contributed by atoms with van der Waals surface area (Å²) in [4.78, 5) is 15.3. The summed E-state index contributed by atoms with van der Waals surface area (Å²) >= 11 is 0. The van der Waals surface area contributed by atoms with E-state index in [1.807, 2.05) is 13.0 Å². The zero-order valence-electron chi connectivity index (χ0n) is 11.0. The smallest absolute Gasteiger partial charge is 0.339 e. The molecule has 5 nitrogen and oxygen atoms in total. The van der Waals surface area contributed by atoms with Gasteiger partial charge in [-0.15, -0.1) is 0 Å². The van der Waals surface area contributed by atoms with Crippen LogP contribution in [0, 0.1) is 25.2 Å². The number of ether oxygens (including phenoxy) is 1. The normalized spacial score (nSPS) is 9.85. The number of aromatic nitrogens is 1. The van der Waals surface area contributed by atoms with Crippen molar-refractivity contribution in [2.45, 2.75) is 13.8 Å². The minimum atomic E-state index is -1.09. The molecule has 0 aliphatic carbocycles. The van der Waals surface area contributed by atoms with Crippen molar-refractivity contribution in [3.63, 3.8) is 0 Å². The van der Waals surface area contributed by atoms with Crippen LogP contribution in [-0.2, 0) is 0 Å². The molecule has 1 aromatic heterocycles. The molecule has 0 spiro atoms. The topological polar surface area (TPSA) is 83.2 Å². The van der Waals surface area contributed by atoms with E-state index in [2.05, 4.69) is 4.98 Å². The van der Waals surface area contributed by atoms with Gasteiger partial charge in [0.05, 0.1) is 0 Å². The van der Waals surface area contributed by atoms with E-state index in [0.717, 1.165) is 5.56 Å². The Morgan fingerprint density at radius 1 is 1.30 bits per heavy atom. The van der Waals surface area contributed by atoms with Crippen molar-refractivity contribution in [3.05, 3.63) is 52.7 Å². The van der Waals surface area contributed by atoms with Crippen molar-refractivity contribution in [1.82, 2.24) is 4.98 Å². The minimum absolute atomic E-state index is 0.0304. The summed E-state index contributed by atoms with van der Waals surface area (Å²) in [5, 5.41) is 18.2. The van der Waals surface area contributed by atoms with Gasteiger partial charge in [-0.25, -0.2) is 9.78 Å². The summed E-state index contributed by atoms with van der Waals surface area (Å²) < 4.78 is 5.54. The minimum Gasteiger partial charge on any atom is -0.478 e. The van der Waals surface area contributed by atoms with Gasteiger partial charge >= 0.3 is 5.97 Å². The standard InChI is InChI=1S/C15H12N2O3/c1-9-3-6-12(15(18)19)13(7-9)20-14-11(8-16)5-4-10(2)17-14/h3-7H,1-2H3,(H,18,19). The van der Waals surface area contributed by atoms with E-state index in [-0.39, 0.29) is 22.8 Å². The molecule has 0 saturated carbocycles. The van der Waals surface area contributed by atoms with Gasteiger partial charge < -0.3 is 9.84 Å². The molecule has 1 heterocycles. The Bertz CT molecular complexity index is 718. The molecular weight excluding hydrogens is 256 g/mol. The van der Waals surface area contributed by atoms with Crippen LogP contribution in [0.1, 0.15) is 27.2 Å². The van der Waals surface area contributed by atoms with Crippen LogP contribution in [0.4, 0.5) is 0 Å². The zero-order chi connectivity index (χ0) is 14.7. The highest BCUT2D eigenvalue weighted by molar-refractivity contribution is 5.91. The number of hydrogen-bond acceptors (Lipinski definition) is 4. The molecule has 0 saturated heterocycles. The van der Waals surface area contributed by atoms with Gasteiger partial charge in [0.15, 0.2) is 0 Å². The Morgan fingerprint density at radius 3 is 2.70 bits per heavy atom. The lowest BCUT2D eigenvalue weighted by atomic mass is 10.1. The molecule has 2 rings (SSSR count). The maximum absolute atomic E-state index is 11.2. The summed E-state index contributed by atoms with van der Waals surface area (Å²) in [6, 6.07) is 10.0. The van der Waals surface area contributed by atoms with E-state index in [0.29, 0.717) is 5.69 Å². The highest BCUT2D eigenvalue weighted by atomic mass is 16.5. The molecule has 1 N–H and O–H groups in total. The fraction of sp³-hybridized carbons (Fsp3) is 0.133. The van der Waals surface area contributed by atoms with Gasteiger partial charge in [-0.3, -0.25) is 0 Å². The average Bonchev–Trinajstić information content (AvgIpc) is 2.38. The largest absolute Gasteiger partial charge is 0.478 e. The van der Waals surface area contributed by atoms with Crippen molar-refractivity contribution < 1.29 is 14.6 Å². The number of hydrogen-bond donors (Lipinski definition) is 1. The number of pyridine rings is 1. The van der Waals surface area contributed by atoms with Gasteiger partial charge in [0.25, 0.3) is 0 Å². The summed E-state index contributed by atoms with van der Waals surface area (Å²) in [6.07, 6.45) is 0. The number of aryl methyl sites for hydroxylation is 2. The van der Waals surface area contributed by atoms with Gasteiger partial charge in [-0.1, -0.05) is 6.07 Å². The third-order valence-electron chi connectivity index (χ3n) is 2.69. The lowest BCUT2D eigenvalue weighted by Gasteiger charge is -2.10.